The maximum atomic E-state index is 13.5. The van der Waals surface area contributed by atoms with Crippen molar-refractivity contribution in [3.63, 3.8) is 0 Å². The molecule has 174 valence electrons. The van der Waals surface area contributed by atoms with Gasteiger partial charge in [0.1, 0.15) is 5.75 Å². The average Bonchev–Trinajstić information content (AvgIpc) is 3.30. The summed E-state index contributed by atoms with van der Waals surface area (Å²) in [6.45, 7) is 3.26. The number of nitrogens with zero attached hydrogens (tertiary/aromatic N) is 1. The van der Waals surface area contributed by atoms with Gasteiger partial charge in [-0.2, -0.15) is 0 Å². The number of carbonyl (C=O) groups excluding carboxylic acids is 1. The lowest BCUT2D eigenvalue weighted by Crippen LogP contribution is -2.56. The Morgan fingerprint density at radius 3 is 2.91 bits per heavy atom. The van der Waals surface area contributed by atoms with Crippen molar-refractivity contribution in [3.8, 4) is 17.2 Å². The van der Waals surface area contributed by atoms with Crippen LogP contribution in [0.25, 0.3) is 6.08 Å². The Bertz CT molecular complexity index is 1050. The largest absolute Gasteiger partial charge is 0.494 e. The molecule has 1 saturated carbocycles. The predicted molar refractivity (Wildman–Crippen MR) is 125 cm³/mol. The van der Waals surface area contributed by atoms with Crippen molar-refractivity contribution in [1.29, 1.82) is 0 Å². The summed E-state index contributed by atoms with van der Waals surface area (Å²) >= 11 is 0. The second-order valence-electron chi connectivity index (χ2n) is 9.10. The van der Waals surface area contributed by atoms with E-state index < -0.39 is 5.60 Å². The third kappa shape index (κ3) is 4.20. The fourth-order valence-electron chi connectivity index (χ4n) is 5.61. The summed E-state index contributed by atoms with van der Waals surface area (Å²) < 4.78 is 16.8. The molecule has 0 radical (unpaired) electrons. The van der Waals surface area contributed by atoms with E-state index in [-0.39, 0.29) is 24.7 Å². The molecule has 2 aliphatic heterocycles. The minimum Gasteiger partial charge on any atom is -0.494 e. The Morgan fingerprint density at radius 1 is 1.18 bits per heavy atom. The van der Waals surface area contributed by atoms with Gasteiger partial charge in [0, 0.05) is 24.1 Å². The minimum absolute atomic E-state index is 0.00972. The van der Waals surface area contributed by atoms with Gasteiger partial charge in [0.25, 0.3) is 0 Å². The highest BCUT2D eigenvalue weighted by atomic mass is 16.7. The van der Waals surface area contributed by atoms with Crippen molar-refractivity contribution >= 4 is 12.0 Å². The summed E-state index contributed by atoms with van der Waals surface area (Å²) in [6, 6.07) is 13.4. The zero-order chi connectivity index (χ0) is 22.8. The molecular weight excluding hydrogens is 418 g/mol. The molecule has 2 heterocycles. The van der Waals surface area contributed by atoms with Crippen molar-refractivity contribution in [1.82, 2.24) is 4.90 Å². The van der Waals surface area contributed by atoms with Gasteiger partial charge in [0.05, 0.1) is 18.2 Å². The molecule has 2 aromatic rings. The number of para-hydroxylation sites is 1. The number of rotatable bonds is 5. The van der Waals surface area contributed by atoms with Gasteiger partial charge >= 0.3 is 0 Å². The van der Waals surface area contributed by atoms with Gasteiger partial charge in [-0.05, 0) is 56.0 Å². The van der Waals surface area contributed by atoms with E-state index in [9.17, 15) is 9.90 Å². The highest BCUT2D eigenvalue weighted by molar-refractivity contribution is 5.92. The molecule has 6 heteroatoms. The van der Waals surface area contributed by atoms with E-state index in [2.05, 4.69) is 0 Å². The van der Waals surface area contributed by atoms with Crippen LogP contribution in [0.1, 0.15) is 56.2 Å². The SMILES string of the molecule is CCOc1ccccc1[C@H]1[C@@H]2CCCC[C@]2(O)CCN1C(=O)/C=C/c1ccc2c(c1)OCO2. The summed E-state index contributed by atoms with van der Waals surface area (Å²) in [5.41, 5.74) is 1.12. The Morgan fingerprint density at radius 2 is 2.03 bits per heavy atom. The second kappa shape index (κ2) is 9.10. The van der Waals surface area contributed by atoms with Crippen molar-refractivity contribution in [2.75, 3.05) is 19.9 Å². The van der Waals surface area contributed by atoms with Crippen molar-refractivity contribution < 1.29 is 24.1 Å². The average molecular weight is 450 g/mol. The maximum Gasteiger partial charge on any atom is 0.247 e. The lowest BCUT2D eigenvalue weighted by atomic mass is 9.66. The van der Waals surface area contributed by atoms with Gasteiger partial charge < -0.3 is 24.2 Å². The molecule has 1 amide bonds. The van der Waals surface area contributed by atoms with Crippen LogP contribution in [-0.2, 0) is 4.79 Å². The molecule has 1 saturated heterocycles. The van der Waals surface area contributed by atoms with E-state index in [1.54, 1.807) is 6.08 Å². The van der Waals surface area contributed by atoms with Crippen LogP contribution in [0.5, 0.6) is 17.2 Å². The number of amides is 1. The van der Waals surface area contributed by atoms with Crippen molar-refractivity contribution in [3.05, 3.63) is 59.7 Å². The first kappa shape index (κ1) is 21.8. The van der Waals surface area contributed by atoms with Crippen LogP contribution >= 0.6 is 0 Å². The third-order valence-corrected chi connectivity index (χ3v) is 7.20. The number of fused-ring (bicyclic) bond motifs is 2. The Kier molecular flexibility index (Phi) is 6.02. The van der Waals surface area contributed by atoms with Crippen LogP contribution in [0.3, 0.4) is 0 Å². The van der Waals surface area contributed by atoms with Crippen molar-refractivity contribution in [2.24, 2.45) is 5.92 Å². The number of carbonyl (C=O) groups is 1. The van der Waals surface area contributed by atoms with E-state index in [0.29, 0.717) is 25.3 Å². The first-order valence-corrected chi connectivity index (χ1v) is 11.9. The van der Waals surface area contributed by atoms with Gasteiger partial charge in [-0.3, -0.25) is 4.79 Å². The summed E-state index contributed by atoms with van der Waals surface area (Å²) in [6.07, 6.45) is 7.84. The predicted octanol–water partition coefficient (Wildman–Crippen LogP) is 4.72. The van der Waals surface area contributed by atoms with E-state index in [1.807, 2.05) is 60.4 Å². The number of benzene rings is 2. The first-order valence-electron chi connectivity index (χ1n) is 11.9. The molecule has 0 aromatic heterocycles. The molecule has 0 spiro atoms. The first-order chi connectivity index (χ1) is 16.1. The molecule has 1 aliphatic carbocycles. The molecule has 2 fully saturated rings. The molecule has 3 atom stereocenters. The van der Waals surface area contributed by atoms with Gasteiger partial charge in [-0.1, -0.05) is 37.1 Å². The van der Waals surface area contributed by atoms with Gasteiger partial charge in [-0.15, -0.1) is 0 Å². The van der Waals surface area contributed by atoms with E-state index in [4.69, 9.17) is 14.2 Å². The van der Waals surface area contributed by atoms with Crippen LogP contribution in [0.4, 0.5) is 0 Å². The second-order valence-corrected chi connectivity index (χ2v) is 9.10. The lowest BCUT2D eigenvalue weighted by Gasteiger charge is -2.52. The zero-order valence-corrected chi connectivity index (χ0v) is 19.0. The van der Waals surface area contributed by atoms with Crippen molar-refractivity contribution in [2.45, 2.75) is 50.7 Å². The van der Waals surface area contributed by atoms with Crippen LogP contribution in [0.2, 0.25) is 0 Å². The molecule has 0 unspecified atom stereocenters. The summed E-state index contributed by atoms with van der Waals surface area (Å²) in [7, 11) is 0. The van der Waals surface area contributed by atoms with Crippen LogP contribution in [0, 0.1) is 5.92 Å². The highest BCUT2D eigenvalue weighted by Crippen LogP contribution is 2.51. The zero-order valence-electron chi connectivity index (χ0n) is 19.0. The number of aliphatic hydroxyl groups is 1. The molecule has 5 rings (SSSR count). The van der Waals surface area contributed by atoms with Gasteiger partial charge in [-0.25, -0.2) is 0 Å². The Balaban J connectivity index is 1.46. The molecule has 2 aromatic carbocycles. The Labute approximate surface area is 194 Å². The van der Waals surface area contributed by atoms with E-state index >= 15 is 0 Å². The number of hydrogen-bond donors (Lipinski definition) is 1. The topological polar surface area (TPSA) is 68.2 Å². The molecule has 3 aliphatic rings. The fraction of sp³-hybridized carbons (Fsp3) is 0.444. The number of likely N-dealkylation sites (tertiary alicyclic amines) is 1. The molecule has 0 bridgehead atoms. The minimum atomic E-state index is -0.736. The van der Waals surface area contributed by atoms with Gasteiger partial charge in [0.2, 0.25) is 12.7 Å². The monoisotopic (exact) mass is 449 g/mol. The maximum absolute atomic E-state index is 13.5. The molecule has 6 nitrogen and oxygen atoms in total. The van der Waals surface area contributed by atoms with E-state index in [1.165, 1.54) is 0 Å². The lowest BCUT2D eigenvalue weighted by molar-refractivity contribution is -0.151. The summed E-state index contributed by atoms with van der Waals surface area (Å²) in [5.74, 6) is 2.13. The molecule has 33 heavy (non-hydrogen) atoms. The Hall–Kier alpha value is -2.99. The summed E-state index contributed by atoms with van der Waals surface area (Å²) in [4.78, 5) is 15.4. The normalized spacial score (nSPS) is 26.3. The highest BCUT2D eigenvalue weighted by Gasteiger charge is 2.50. The third-order valence-electron chi connectivity index (χ3n) is 7.20. The quantitative estimate of drug-likeness (QED) is 0.669. The fourth-order valence-corrected chi connectivity index (χ4v) is 5.61. The smallest absolute Gasteiger partial charge is 0.247 e. The number of ether oxygens (including phenoxy) is 3. The number of hydrogen-bond acceptors (Lipinski definition) is 5. The van der Waals surface area contributed by atoms with Crippen LogP contribution in [-0.4, -0.2) is 41.5 Å². The van der Waals surface area contributed by atoms with Gasteiger partial charge in [0.15, 0.2) is 11.5 Å². The standard InChI is InChI=1S/C27H31NO5/c1-2-31-22-9-4-3-7-20(22)26-21-8-5-6-14-27(21,30)15-16-28(26)25(29)13-11-19-10-12-23-24(17-19)33-18-32-23/h3-4,7,9-13,17,21,26,30H,2,5-6,8,14-16,18H2,1H3/b13-11+/t21-,26-,27-/m0/s1. The summed E-state index contributed by atoms with van der Waals surface area (Å²) in [5, 5.41) is 11.5. The van der Waals surface area contributed by atoms with Crippen LogP contribution in [0.15, 0.2) is 48.5 Å². The number of piperidine rings is 1. The van der Waals surface area contributed by atoms with E-state index in [0.717, 1.165) is 48.3 Å². The molecular formula is C27H31NO5. The van der Waals surface area contributed by atoms with Crippen LogP contribution < -0.4 is 14.2 Å². The molecule has 1 N–H and O–H groups in total.